The number of morpholine rings is 1. The first-order chi connectivity index (χ1) is 10.7. The van der Waals surface area contributed by atoms with Crippen molar-refractivity contribution in [2.75, 3.05) is 36.5 Å². The third-order valence-electron chi connectivity index (χ3n) is 3.52. The van der Waals surface area contributed by atoms with Crippen LogP contribution in [-0.2, 0) is 16.0 Å². The number of amides is 1. The van der Waals surface area contributed by atoms with Gasteiger partial charge in [0.05, 0.1) is 30.3 Å². The lowest BCUT2D eigenvalue weighted by atomic mass is 10.2. The third-order valence-corrected chi connectivity index (χ3v) is 4.72. The molecule has 1 amide bonds. The van der Waals surface area contributed by atoms with Gasteiger partial charge in [-0.1, -0.05) is 17.7 Å². The largest absolute Gasteiger partial charge is 0.378 e. The van der Waals surface area contributed by atoms with Crippen LogP contribution in [0.5, 0.6) is 0 Å². The molecule has 1 aliphatic heterocycles. The minimum absolute atomic E-state index is 0.0523. The zero-order chi connectivity index (χ0) is 15.4. The van der Waals surface area contributed by atoms with Crippen molar-refractivity contribution in [3.63, 3.8) is 0 Å². The quantitative estimate of drug-likeness (QED) is 0.930. The van der Waals surface area contributed by atoms with E-state index in [0.717, 1.165) is 36.9 Å². The zero-order valence-electron chi connectivity index (χ0n) is 12.0. The Bertz CT molecular complexity index is 640. The molecule has 4 nitrogen and oxygen atoms in total. The highest BCUT2D eigenvalue weighted by atomic mass is 35.5. The van der Waals surface area contributed by atoms with E-state index in [1.54, 1.807) is 11.3 Å². The number of nitrogens with zero attached hydrogens (tertiary/aromatic N) is 1. The van der Waals surface area contributed by atoms with Crippen molar-refractivity contribution in [1.82, 2.24) is 0 Å². The van der Waals surface area contributed by atoms with Gasteiger partial charge in [0.25, 0.3) is 0 Å². The van der Waals surface area contributed by atoms with E-state index in [-0.39, 0.29) is 5.91 Å². The Hall–Kier alpha value is -1.56. The van der Waals surface area contributed by atoms with Crippen molar-refractivity contribution in [2.45, 2.75) is 6.42 Å². The molecule has 0 spiro atoms. The number of benzene rings is 1. The Kier molecular flexibility index (Phi) is 4.97. The number of ether oxygens (including phenoxy) is 1. The molecule has 0 radical (unpaired) electrons. The maximum absolute atomic E-state index is 12.1. The van der Waals surface area contributed by atoms with E-state index in [1.807, 2.05) is 35.7 Å². The Balaban J connectivity index is 1.70. The van der Waals surface area contributed by atoms with Gasteiger partial charge in [-0.3, -0.25) is 4.79 Å². The molecule has 0 atom stereocenters. The normalized spacial score (nSPS) is 14.9. The molecule has 1 fully saturated rings. The van der Waals surface area contributed by atoms with Gasteiger partial charge in [0.15, 0.2) is 0 Å². The lowest BCUT2D eigenvalue weighted by Gasteiger charge is -2.29. The number of rotatable bonds is 4. The maximum atomic E-state index is 12.1. The monoisotopic (exact) mass is 336 g/mol. The van der Waals surface area contributed by atoms with E-state index < -0.39 is 0 Å². The SMILES string of the molecule is O=C(Cc1cccs1)Nc1cc(N2CCOCC2)ccc1Cl. The van der Waals surface area contributed by atoms with Crippen LogP contribution in [-0.4, -0.2) is 32.2 Å². The average Bonchev–Trinajstić information content (AvgIpc) is 3.03. The molecule has 0 saturated carbocycles. The summed E-state index contributed by atoms with van der Waals surface area (Å²) < 4.78 is 5.36. The summed E-state index contributed by atoms with van der Waals surface area (Å²) in [7, 11) is 0. The standard InChI is InChI=1S/C16H17ClN2O2S/c17-14-4-3-12(19-5-7-21-8-6-19)10-15(14)18-16(20)11-13-2-1-9-22-13/h1-4,9-10H,5-8,11H2,(H,18,20). The van der Waals surface area contributed by atoms with Crippen LogP contribution in [0.4, 0.5) is 11.4 Å². The van der Waals surface area contributed by atoms with Crippen LogP contribution >= 0.6 is 22.9 Å². The minimum Gasteiger partial charge on any atom is -0.378 e. The van der Waals surface area contributed by atoms with Gasteiger partial charge in [0.1, 0.15) is 0 Å². The van der Waals surface area contributed by atoms with E-state index in [0.29, 0.717) is 17.1 Å². The summed E-state index contributed by atoms with van der Waals surface area (Å²) in [6, 6.07) is 9.63. The number of nitrogens with one attached hydrogen (secondary N) is 1. The van der Waals surface area contributed by atoms with Crippen LogP contribution in [0.2, 0.25) is 5.02 Å². The Labute approximate surface area is 138 Å². The smallest absolute Gasteiger partial charge is 0.229 e. The second kappa shape index (κ2) is 7.13. The van der Waals surface area contributed by atoms with Crippen molar-refractivity contribution in [1.29, 1.82) is 0 Å². The molecule has 2 aromatic rings. The molecule has 1 aromatic carbocycles. The van der Waals surface area contributed by atoms with Crippen LogP contribution < -0.4 is 10.2 Å². The van der Waals surface area contributed by atoms with E-state index in [9.17, 15) is 4.79 Å². The molecule has 2 heterocycles. The fourth-order valence-electron chi connectivity index (χ4n) is 2.39. The lowest BCUT2D eigenvalue weighted by Crippen LogP contribution is -2.36. The molecule has 1 aliphatic rings. The highest BCUT2D eigenvalue weighted by Crippen LogP contribution is 2.28. The number of carbonyl (C=O) groups excluding carboxylic acids is 1. The topological polar surface area (TPSA) is 41.6 Å². The average molecular weight is 337 g/mol. The van der Waals surface area contributed by atoms with Crippen molar-refractivity contribution >= 4 is 40.2 Å². The molecule has 22 heavy (non-hydrogen) atoms. The number of thiophene rings is 1. The number of carbonyl (C=O) groups is 1. The summed E-state index contributed by atoms with van der Waals surface area (Å²) >= 11 is 7.78. The van der Waals surface area contributed by atoms with Gasteiger partial charge in [-0.25, -0.2) is 0 Å². The molecule has 0 unspecified atom stereocenters. The maximum Gasteiger partial charge on any atom is 0.229 e. The number of anilines is 2. The van der Waals surface area contributed by atoms with Gasteiger partial charge in [-0.15, -0.1) is 11.3 Å². The highest BCUT2D eigenvalue weighted by Gasteiger charge is 2.14. The minimum atomic E-state index is -0.0523. The van der Waals surface area contributed by atoms with E-state index in [4.69, 9.17) is 16.3 Å². The molecule has 1 saturated heterocycles. The number of halogens is 1. The first-order valence-electron chi connectivity index (χ1n) is 7.17. The molecule has 3 rings (SSSR count). The molecular weight excluding hydrogens is 320 g/mol. The summed E-state index contributed by atoms with van der Waals surface area (Å²) in [6.07, 6.45) is 0.371. The molecule has 6 heteroatoms. The fourth-order valence-corrected chi connectivity index (χ4v) is 3.26. The van der Waals surface area contributed by atoms with Crippen LogP contribution in [0.15, 0.2) is 35.7 Å². The Morgan fingerprint density at radius 2 is 2.14 bits per heavy atom. The van der Waals surface area contributed by atoms with Crippen LogP contribution in [0, 0.1) is 0 Å². The molecule has 116 valence electrons. The Morgan fingerprint density at radius 3 is 2.86 bits per heavy atom. The molecule has 0 bridgehead atoms. The predicted molar refractivity (Wildman–Crippen MR) is 91.1 cm³/mol. The van der Waals surface area contributed by atoms with Crippen molar-refractivity contribution < 1.29 is 9.53 Å². The second-order valence-corrected chi connectivity index (χ2v) is 6.51. The summed E-state index contributed by atoms with van der Waals surface area (Å²) in [5.74, 6) is -0.0523. The molecule has 1 aromatic heterocycles. The van der Waals surface area contributed by atoms with Crippen molar-refractivity contribution in [2.24, 2.45) is 0 Å². The van der Waals surface area contributed by atoms with Gasteiger partial charge in [0, 0.05) is 23.7 Å². The first-order valence-corrected chi connectivity index (χ1v) is 8.42. The van der Waals surface area contributed by atoms with Gasteiger partial charge in [-0.2, -0.15) is 0 Å². The predicted octanol–water partition coefficient (Wildman–Crippen LogP) is 3.42. The summed E-state index contributed by atoms with van der Waals surface area (Å²) in [5.41, 5.74) is 1.71. The van der Waals surface area contributed by atoms with Gasteiger partial charge >= 0.3 is 0 Å². The Morgan fingerprint density at radius 1 is 1.32 bits per heavy atom. The van der Waals surface area contributed by atoms with E-state index in [1.165, 1.54) is 0 Å². The van der Waals surface area contributed by atoms with E-state index >= 15 is 0 Å². The van der Waals surface area contributed by atoms with Gasteiger partial charge < -0.3 is 15.0 Å². The van der Waals surface area contributed by atoms with Crippen LogP contribution in [0.25, 0.3) is 0 Å². The van der Waals surface area contributed by atoms with Crippen LogP contribution in [0.1, 0.15) is 4.88 Å². The first kappa shape index (κ1) is 15.3. The van der Waals surface area contributed by atoms with Gasteiger partial charge in [0.2, 0.25) is 5.91 Å². The zero-order valence-corrected chi connectivity index (χ0v) is 13.6. The molecule has 1 N–H and O–H groups in total. The number of hydrogen-bond acceptors (Lipinski definition) is 4. The second-order valence-electron chi connectivity index (χ2n) is 5.07. The highest BCUT2D eigenvalue weighted by molar-refractivity contribution is 7.10. The van der Waals surface area contributed by atoms with Gasteiger partial charge in [-0.05, 0) is 29.6 Å². The summed E-state index contributed by atoms with van der Waals surface area (Å²) in [4.78, 5) is 15.4. The third kappa shape index (κ3) is 3.80. The molecular formula is C16H17ClN2O2S. The summed E-state index contributed by atoms with van der Waals surface area (Å²) in [5, 5.41) is 5.43. The number of hydrogen-bond donors (Lipinski definition) is 1. The van der Waals surface area contributed by atoms with Crippen molar-refractivity contribution in [3.05, 3.63) is 45.6 Å². The molecule has 0 aliphatic carbocycles. The van der Waals surface area contributed by atoms with Crippen LogP contribution in [0.3, 0.4) is 0 Å². The lowest BCUT2D eigenvalue weighted by molar-refractivity contribution is -0.115. The summed E-state index contributed by atoms with van der Waals surface area (Å²) in [6.45, 7) is 3.15. The van der Waals surface area contributed by atoms with E-state index in [2.05, 4.69) is 10.2 Å². The fraction of sp³-hybridized carbons (Fsp3) is 0.312. The van der Waals surface area contributed by atoms with Crippen molar-refractivity contribution in [3.8, 4) is 0 Å².